The first kappa shape index (κ1) is 26.9. The molecule has 1 saturated heterocycles. The van der Waals surface area contributed by atoms with Crippen LogP contribution in [0.15, 0.2) is 42.5 Å². The van der Waals surface area contributed by atoms with Gasteiger partial charge in [0.1, 0.15) is 5.60 Å². The summed E-state index contributed by atoms with van der Waals surface area (Å²) in [5.74, 6) is 2.62. The molecule has 0 spiro atoms. The number of benzene rings is 1. The van der Waals surface area contributed by atoms with Gasteiger partial charge in [-0.25, -0.2) is 0 Å². The molecule has 4 atom stereocenters. The average Bonchev–Trinajstić information content (AvgIpc) is 3.43. The van der Waals surface area contributed by atoms with E-state index in [-0.39, 0.29) is 5.78 Å². The van der Waals surface area contributed by atoms with Crippen molar-refractivity contribution in [2.75, 3.05) is 0 Å². The predicted molar refractivity (Wildman–Crippen MR) is 145 cm³/mol. The first-order valence-corrected chi connectivity index (χ1v) is 13.8. The van der Waals surface area contributed by atoms with Crippen molar-refractivity contribution in [2.45, 2.75) is 117 Å². The minimum atomic E-state index is -0.754. The van der Waals surface area contributed by atoms with Crippen LogP contribution in [0.1, 0.15) is 122 Å². The lowest BCUT2D eigenvalue weighted by atomic mass is 9.71. The van der Waals surface area contributed by atoms with Gasteiger partial charge in [0.25, 0.3) is 0 Å². The molecular formula is C32H48O2. The van der Waals surface area contributed by atoms with Crippen molar-refractivity contribution in [2.24, 2.45) is 17.8 Å². The van der Waals surface area contributed by atoms with E-state index >= 15 is 0 Å². The molecule has 0 bridgehead atoms. The lowest BCUT2D eigenvalue weighted by Crippen LogP contribution is -2.37. The summed E-state index contributed by atoms with van der Waals surface area (Å²) in [4.78, 5) is 13.0. The molecule has 0 amide bonds. The standard InChI is InChI=1S/C32H48O2/c1-23(2)13-10-14-24(3)15-11-16-25(4)17-12-18-26(5)21-22-32-27(6)28-19-8-9-20-29(28)30(33)31(32,7)34-32/h8-9,19-21,23-25H,6,10-18,22H2,1-5,7H3/b26-21+. The van der Waals surface area contributed by atoms with Crippen LogP contribution in [0.2, 0.25) is 0 Å². The second-order valence-corrected chi connectivity index (χ2v) is 11.9. The molecule has 4 unspecified atom stereocenters. The van der Waals surface area contributed by atoms with Gasteiger partial charge >= 0.3 is 0 Å². The summed E-state index contributed by atoms with van der Waals surface area (Å²) in [6.45, 7) is 18.0. The Morgan fingerprint density at radius 2 is 1.50 bits per heavy atom. The minimum absolute atomic E-state index is 0.101. The normalized spacial score (nSPS) is 25.8. The van der Waals surface area contributed by atoms with Crippen molar-refractivity contribution in [1.82, 2.24) is 0 Å². The van der Waals surface area contributed by atoms with Gasteiger partial charge in [0.15, 0.2) is 11.4 Å². The maximum absolute atomic E-state index is 13.0. The summed E-state index contributed by atoms with van der Waals surface area (Å²) in [7, 11) is 0. The molecule has 1 aromatic carbocycles. The Bertz CT molecular complexity index is 894. The van der Waals surface area contributed by atoms with Gasteiger partial charge in [-0.1, -0.05) is 115 Å². The third-order valence-electron chi connectivity index (χ3n) is 8.40. The van der Waals surface area contributed by atoms with Crippen LogP contribution < -0.4 is 0 Å². The predicted octanol–water partition coefficient (Wildman–Crippen LogP) is 9.20. The smallest absolute Gasteiger partial charge is 0.198 e. The fourth-order valence-electron chi connectivity index (χ4n) is 5.81. The van der Waals surface area contributed by atoms with E-state index in [4.69, 9.17) is 4.74 Å². The number of ether oxygens (including phenoxy) is 1. The molecule has 2 heteroatoms. The van der Waals surface area contributed by atoms with Gasteiger partial charge in [-0.2, -0.15) is 0 Å². The number of rotatable bonds is 14. The Morgan fingerprint density at radius 1 is 0.941 bits per heavy atom. The van der Waals surface area contributed by atoms with Crippen molar-refractivity contribution in [3.63, 3.8) is 0 Å². The Kier molecular flexibility index (Phi) is 9.01. The van der Waals surface area contributed by atoms with Crippen LogP contribution in [0.3, 0.4) is 0 Å². The topological polar surface area (TPSA) is 29.6 Å². The number of fused-ring (bicyclic) bond motifs is 2. The van der Waals surface area contributed by atoms with Gasteiger partial charge in [-0.15, -0.1) is 0 Å². The molecule has 1 aliphatic heterocycles. The summed E-state index contributed by atoms with van der Waals surface area (Å²) < 4.78 is 6.16. The third kappa shape index (κ3) is 5.93. The van der Waals surface area contributed by atoms with Crippen molar-refractivity contribution < 1.29 is 9.53 Å². The zero-order valence-electron chi connectivity index (χ0n) is 22.7. The fourth-order valence-corrected chi connectivity index (χ4v) is 5.81. The molecule has 1 heterocycles. The highest BCUT2D eigenvalue weighted by atomic mass is 16.6. The quantitative estimate of drug-likeness (QED) is 0.203. The van der Waals surface area contributed by atoms with Gasteiger partial charge < -0.3 is 4.74 Å². The molecule has 1 fully saturated rings. The van der Waals surface area contributed by atoms with E-state index < -0.39 is 11.2 Å². The number of epoxide rings is 1. The van der Waals surface area contributed by atoms with E-state index in [1.165, 1.54) is 56.9 Å². The molecule has 1 aromatic rings. The van der Waals surface area contributed by atoms with Crippen LogP contribution in [-0.4, -0.2) is 17.0 Å². The highest BCUT2D eigenvalue weighted by Crippen LogP contribution is 2.62. The molecule has 0 aromatic heterocycles. The molecule has 0 radical (unpaired) electrons. The Hall–Kier alpha value is -1.67. The molecule has 188 valence electrons. The van der Waals surface area contributed by atoms with E-state index in [2.05, 4.69) is 47.3 Å². The van der Waals surface area contributed by atoms with E-state index in [1.807, 2.05) is 31.2 Å². The van der Waals surface area contributed by atoms with Gasteiger partial charge in [-0.05, 0) is 55.6 Å². The zero-order chi connectivity index (χ0) is 24.9. The minimum Gasteiger partial charge on any atom is -0.349 e. The van der Waals surface area contributed by atoms with E-state index in [9.17, 15) is 4.79 Å². The monoisotopic (exact) mass is 464 g/mol. The highest BCUT2D eigenvalue weighted by molar-refractivity contribution is 6.14. The molecule has 2 nitrogen and oxygen atoms in total. The van der Waals surface area contributed by atoms with Crippen LogP contribution in [0.25, 0.3) is 5.57 Å². The summed E-state index contributed by atoms with van der Waals surface area (Å²) >= 11 is 0. The van der Waals surface area contributed by atoms with Gasteiger partial charge in [0.2, 0.25) is 0 Å². The largest absolute Gasteiger partial charge is 0.349 e. The van der Waals surface area contributed by atoms with Crippen molar-refractivity contribution >= 4 is 11.4 Å². The number of hydrogen-bond acceptors (Lipinski definition) is 2. The maximum atomic E-state index is 13.0. The van der Waals surface area contributed by atoms with Gasteiger partial charge in [-0.3, -0.25) is 4.79 Å². The number of hydrogen-bond donors (Lipinski definition) is 0. The number of carbonyl (C=O) groups is 1. The molecule has 0 saturated carbocycles. The lowest BCUT2D eigenvalue weighted by molar-refractivity contribution is 0.0887. The van der Waals surface area contributed by atoms with E-state index in [1.54, 1.807) is 0 Å². The SMILES string of the molecule is C=C1c2ccccc2C(=O)C2(C)OC12C/C=C(\C)CCCC(C)CCCC(C)CCCC(C)C. The van der Waals surface area contributed by atoms with Crippen molar-refractivity contribution in [3.8, 4) is 0 Å². The molecule has 3 rings (SSSR count). The molecule has 2 aliphatic rings. The van der Waals surface area contributed by atoms with Crippen LogP contribution in [-0.2, 0) is 4.74 Å². The first-order valence-electron chi connectivity index (χ1n) is 13.8. The Balaban J connectivity index is 1.39. The maximum Gasteiger partial charge on any atom is 0.198 e. The van der Waals surface area contributed by atoms with Crippen LogP contribution in [0.4, 0.5) is 0 Å². The number of allylic oxidation sites excluding steroid dienone is 1. The lowest BCUT2D eigenvalue weighted by Gasteiger charge is -2.25. The first-order chi connectivity index (χ1) is 16.1. The van der Waals surface area contributed by atoms with Crippen molar-refractivity contribution in [1.29, 1.82) is 0 Å². The average molecular weight is 465 g/mol. The second-order valence-electron chi connectivity index (χ2n) is 11.9. The Morgan fingerprint density at radius 3 is 2.12 bits per heavy atom. The van der Waals surface area contributed by atoms with Crippen LogP contribution in [0, 0.1) is 17.8 Å². The summed E-state index contributed by atoms with van der Waals surface area (Å²) in [5, 5.41) is 0. The molecule has 0 N–H and O–H groups in total. The van der Waals surface area contributed by atoms with E-state index in [0.29, 0.717) is 0 Å². The van der Waals surface area contributed by atoms with E-state index in [0.717, 1.165) is 47.3 Å². The van der Waals surface area contributed by atoms with Crippen LogP contribution in [0.5, 0.6) is 0 Å². The number of Topliss-reactive ketones (excluding diaryl/α,β-unsaturated/α-hetero) is 1. The molecule has 1 aliphatic carbocycles. The number of ketones is 1. The van der Waals surface area contributed by atoms with Gasteiger partial charge in [0, 0.05) is 12.0 Å². The fraction of sp³-hybridized carbons (Fsp3) is 0.656. The summed E-state index contributed by atoms with van der Waals surface area (Å²) in [6, 6.07) is 7.80. The third-order valence-corrected chi connectivity index (χ3v) is 8.40. The molecular weight excluding hydrogens is 416 g/mol. The summed E-state index contributed by atoms with van der Waals surface area (Å²) in [5.41, 5.74) is 2.76. The highest BCUT2D eigenvalue weighted by Gasteiger charge is 2.74. The summed E-state index contributed by atoms with van der Waals surface area (Å²) in [6.07, 6.45) is 14.9. The second kappa shape index (κ2) is 11.4. The van der Waals surface area contributed by atoms with Crippen molar-refractivity contribution in [3.05, 3.63) is 53.6 Å². The molecule has 34 heavy (non-hydrogen) atoms. The van der Waals surface area contributed by atoms with Gasteiger partial charge in [0.05, 0.1) is 0 Å². The zero-order valence-corrected chi connectivity index (χ0v) is 22.7. The van der Waals surface area contributed by atoms with Crippen LogP contribution >= 0.6 is 0 Å². The Labute approximate surface area is 209 Å². The number of carbonyl (C=O) groups excluding carboxylic acids is 1.